The summed E-state index contributed by atoms with van der Waals surface area (Å²) in [6, 6.07) is 7.56. The Morgan fingerprint density at radius 2 is 2.00 bits per heavy atom. The second-order valence-electron chi connectivity index (χ2n) is 2.99. The minimum Gasteiger partial charge on any atom is -0.493 e. The van der Waals surface area contributed by atoms with Crippen molar-refractivity contribution in [3.05, 3.63) is 28.7 Å². The molecule has 92 valence electrons. The number of rotatable bonds is 4. The average Bonchev–Trinajstić information content (AvgIpc) is 2.26. The minimum absolute atomic E-state index is 0.0874. The summed E-state index contributed by atoms with van der Waals surface area (Å²) in [6.07, 6.45) is 0. The van der Waals surface area contributed by atoms with E-state index >= 15 is 0 Å². The Balaban J connectivity index is 2.22. The molecule has 0 fully saturated rings. The molecule has 0 bridgehead atoms. The number of nitrogens with two attached hydrogens (primary N) is 2. The lowest BCUT2D eigenvalue weighted by atomic mass is 10.3. The Morgan fingerprint density at radius 1 is 1.35 bits per heavy atom. The van der Waals surface area contributed by atoms with E-state index in [1.807, 2.05) is 24.3 Å². The minimum atomic E-state index is -0.101. The van der Waals surface area contributed by atoms with Crippen LogP contribution in [0, 0.1) is 5.41 Å². The van der Waals surface area contributed by atoms with E-state index in [9.17, 15) is 0 Å². The molecule has 0 aliphatic heterocycles. The molecule has 0 aliphatic rings. The molecule has 0 atom stereocenters. The fraction of sp³-hybridized carbons (Fsp3) is 0.200. The van der Waals surface area contributed by atoms with Crippen LogP contribution in [0.2, 0.25) is 0 Å². The van der Waals surface area contributed by atoms with E-state index in [2.05, 4.69) is 20.9 Å². The highest BCUT2D eigenvalue weighted by atomic mass is 79.9. The lowest BCUT2D eigenvalue weighted by Crippen LogP contribution is -2.23. The molecule has 5 N–H and O–H groups in total. The molecule has 1 aromatic rings. The molecule has 0 saturated carbocycles. The number of hydrogen-bond acceptors (Lipinski definition) is 3. The predicted octanol–water partition coefficient (Wildman–Crippen LogP) is 1.77. The number of halogens is 1. The molecular weight excluding hydrogens is 304 g/mol. The molecule has 0 saturated heterocycles. The van der Waals surface area contributed by atoms with Crippen LogP contribution in [0.25, 0.3) is 0 Å². The van der Waals surface area contributed by atoms with E-state index in [-0.39, 0.29) is 11.1 Å². The highest BCUT2D eigenvalue weighted by Crippen LogP contribution is 2.16. The van der Waals surface area contributed by atoms with Crippen molar-refractivity contribution in [1.29, 1.82) is 5.41 Å². The van der Waals surface area contributed by atoms with Gasteiger partial charge in [0.25, 0.3) is 0 Å². The van der Waals surface area contributed by atoms with Gasteiger partial charge in [0, 0.05) is 10.2 Å². The van der Waals surface area contributed by atoms with Crippen LogP contribution in [-0.4, -0.2) is 23.5 Å². The number of amidine groups is 1. The van der Waals surface area contributed by atoms with E-state index in [4.69, 9.17) is 21.6 Å². The van der Waals surface area contributed by atoms with Crippen LogP contribution in [0.5, 0.6) is 5.75 Å². The van der Waals surface area contributed by atoms with Gasteiger partial charge in [-0.15, -0.1) is 0 Å². The maximum Gasteiger partial charge on any atom is 0.193 e. The summed E-state index contributed by atoms with van der Waals surface area (Å²) in [6.45, 7) is 0.495. The number of hydrogen-bond donors (Lipinski definition) is 3. The third-order valence-electron chi connectivity index (χ3n) is 1.64. The topological polar surface area (TPSA) is 97.5 Å². The molecule has 5 nitrogen and oxygen atoms in total. The Bertz CT molecular complexity index is 403. The summed E-state index contributed by atoms with van der Waals surface area (Å²) in [5.74, 6) is 1.31. The summed E-state index contributed by atoms with van der Waals surface area (Å²) in [5.41, 5.74) is 10.3. The van der Waals surface area contributed by atoms with E-state index < -0.39 is 0 Å². The second kappa shape index (κ2) is 7.18. The van der Waals surface area contributed by atoms with Gasteiger partial charge in [-0.25, -0.2) is 0 Å². The fourth-order valence-corrected chi connectivity index (χ4v) is 1.77. The highest BCUT2D eigenvalue weighted by molar-refractivity contribution is 9.10. The quantitative estimate of drug-likeness (QED) is 0.448. The summed E-state index contributed by atoms with van der Waals surface area (Å²) in [5, 5.41) is 7.47. The Kier molecular flexibility index (Phi) is 5.85. The first-order valence-electron chi connectivity index (χ1n) is 4.77. The van der Waals surface area contributed by atoms with Gasteiger partial charge in [0.05, 0.1) is 6.61 Å². The number of aliphatic imine (C=N–C) groups is 1. The smallest absolute Gasteiger partial charge is 0.193 e. The van der Waals surface area contributed by atoms with Gasteiger partial charge < -0.3 is 16.2 Å². The largest absolute Gasteiger partial charge is 0.493 e. The van der Waals surface area contributed by atoms with Crippen molar-refractivity contribution in [1.82, 2.24) is 0 Å². The average molecular weight is 317 g/mol. The maximum absolute atomic E-state index is 7.38. The monoisotopic (exact) mass is 316 g/mol. The molecule has 0 heterocycles. The van der Waals surface area contributed by atoms with Gasteiger partial charge in [0.1, 0.15) is 5.75 Å². The summed E-state index contributed by atoms with van der Waals surface area (Å²) in [4.78, 5) is 3.59. The van der Waals surface area contributed by atoms with Gasteiger partial charge in [-0.3, -0.25) is 5.41 Å². The second-order valence-corrected chi connectivity index (χ2v) is 4.99. The Labute approximate surface area is 112 Å². The first-order chi connectivity index (χ1) is 8.08. The standard InChI is InChI=1S/C10H13BrN4OS/c11-7-1-3-8(4-2-7)16-5-6-17-10(14)15-9(12)13/h1-4H,5-6H2,(H5,12,13,14,15). The summed E-state index contributed by atoms with van der Waals surface area (Å²) in [7, 11) is 0. The molecule has 0 amide bonds. The fourth-order valence-electron chi connectivity index (χ4n) is 0.978. The normalized spacial score (nSPS) is 9.71. The van der Waals surface area contributed by atoms with E-state index in [1.165, 1.54) is 11.8 Å². The lowest BCUT2D eigenvalue weighted by molar-refractivity contribution is 0.344. The van der Waals surface area contributed by atoms with E-state index in [0.29, 0.717) is 12.4 Å². The highest BCUT2D eigenvalue weighted by Gasteiger charge is 1.97. The van der Waals surface area contributed by atoms with Gasteiger partial charge >= 0.3 is 0 Å². The van der Waals surface area contributed by atoms with Crippen LogP contribution in [0.3, 0.4) is 0 Å². The first-order valence-corrected chi connectivity index (χ1v) is 6.55. The zero-order valence-corrected chi connectivity index (χ0v) is 11.4. The van der Waals surface area contributed by atoms with Gasteiger partial charge in [-0.1, -0.05) is 27.7 Å². The molecule has 0 radical (unpaired) electrons. The number of guanidine groups is 1. The number of nitrogens with zero attached hydrogens (tertiary/aromatic N) is 1. The molecule has 0 aromatic heterocycles. The molecular formula is C10H13BrN4OS. The summed E-state index contributed by atoms with van der Waals surface area (Å²) < 4.78 is 6.48. The zero-order valence-electron chi connectivity index (χ0n) is 9.02. The summed E-state index contributed by atoms with van der Waals surface area (Å²) >= 11 is 4.57. The zero-order chi connectivity index (χ0) is 12.7. The van der Waals surface area contributed by atoms with Gasteiger partial charge in [0.15, 0.2) is 11.1 Å². The molecule has 1 aromatic carbocycles. The van der Waals surface area contributed by atoms with Crippen LogP contribution in [-0.2, 0) is 0 Å². The maximum atomic E-state index is 7.38. The number of benzene rings is 1. The predicted molar refractivity (Wildman–Crippen MR) is 75.6 cm³/mol. The molecule has 17 heavy (non-hydrogen) atoms. The number of thioether (sulfide) groups is 1. The van der Waals surface area contributed by atoms with Crippen molar-refractivity contribution in [2.75, 3.05) is 12.4 Å². The van der Waals surface area contributed by atoms with Crippen molar-refractivity contribution in [2.45, 2.75) is 0 Å². The molecule has 0 aliphatic carbocycles. The van der Waals surface area contributed by atoms with Crippen molar-refractivity contribution in [3.63, 3.8) is 0 Å². The van der Waals surface area contributed by atoms with Gasteiger partial charge in [0.2, 0.25) is 0 Å². The molecule has 1 rings (SSSR count). The van der Waals surface area contributed by atoms with Crippen LogP contribution in [0.4, 0.5) is 0 Å². The van der Waals surface area contributed by atoms with Crippen molar-refractivity contribution in [2.24, 2.45) is 16.5 Å². The van der Waals surface area contributed by atoms with E-state index in [1.54, 1.807) is 0 Å². The Morgan fingerprint density at radius 3 is 2.59 bits per heavy atom. The molecule has 7 heteroatoms. The van der Waals surface area contributed by atoms with Crippen LogP contribution >= 0.6 is 27.7 Å². The molecule has 0 spiro atoms. The Hall–Kier alpha value is -1.21. The number of ether oxygens (including phenoxy) is 1. The number of nitrogens with one attached hydrogen (secondary N) is 1. The van der Waals surface area contributed by atoms with Crippen LogP contribution in [0.15, 0.2) is 33.7 Å². The van der Waals surface area contributed by atoms with Crippen molar-refractivity contribution >= 4 is 38.8 Å². The van der Waals surface area contributed by atoms with Crippen molar-refractivity contribution < 1.29 is 4.74 Å². The molecule has 0 unspecified atom stereocenters. The van der Waals surface area contributed by atoms with Crippen molar-refractivity contribution in [3.8, 4) is 5.75 Å². The van der Waals surface area contributed by atoms with Crippen LogP contribution < -0.4 is 16.2 Å². The third-order valence-corrected chi connectivity index (χ3v) is 2.90. The van der Waals surface area contributed by atoms with Crippen LogP contribution in [0.1, 0.15) is 0 Å². The lowest BCUT2D eigenvalue weighted by Gasteiger charge is -2.05. The first kappa shape index (κ1) is 13.9. The van der Waals surface area contributed by atoms with Gasteiger partial charge in [-0.2, -0.15) is 4.99 Å². The van der Waals surface area contributed by atoms with Gasteiger partial charge in [-0.05, 0) is 24.3 Å². The SMILES string of the molecule is N=C(N=C(N)N)SCCOc1ccc(Br)cc1. The van der Waals surface area contributed by atoms with E-state index in [0.717, 1.165) is 10.2 Å². The third kappa shape index (κ3) is 6.18.